The van der Waals surface area contributed by atoms with Crippen LogP contribution in [0, 0.1) is 0 Å². The van der Waals surface area contributed by atoms with Crippen LogP contribution in [0.25, 0.3) is 11.4 Å². The Hall–Kier alpha value is -5.21. The Morgan fingerprint density at radius 2 is 1.31 bits per heavy atom. The number of hydrogen-bond donors (Lipinski definition) is 2. The summed E-state index contributed by atoms with van der Waals surface area (Å²) in [4.78, 5) is 61.6. The molecule has 9 rings (SSSR count). The summed E-state index contributed by atoms with van der Waals surface area (Å²) in [6.45, 7) is 3.16. The maximum absolute atomic E-state index is 14.5. The smallest absolute Gasteiger partial charge is 0.359 e. The Morgan fingerprint density at radius 3 is 1.91 bits per heavy atom. The summed E-state index contributed by atoms with van der Waals surface area (Å²) in [6, 6.07) is 22.8. The normalized spacial score (nSPS) is 25.8. The van der Waals surface area contributed by atoms with Crippen LogP contribution in [0.15, 0.2) is 126 Å². The third-order valence-corrected chi connectivity index (χ3v) is 9.78. The van der Waals surface area contributed by atoms with E-state index in [-0.39, 0.29) is 5.96 Å². The Bertz CT molecular complexity index is 2350. The Balaban J connectivity index is 1.47. The molecule has 4 aliphatic rings. The summed E-state index contributed by atoms with van der Waals surface area (Å²) in [5.41, 5.74) is -7.38. The van der Waals surface area contributed by atoms with E-state index in [0.29, 0.717) is 17.1 Å². The number of anilines is 1. The molecule has 2 bridgehead atoms. The van der Waals surface area contributed by atoms with Gasteiger partial charge in [0.2, 0.25) is 11.7 Å². The van der Waals surface area contributed by atoms with Crippen molar-refractivity contribution < 1.29 is 5.11 Å². The highest BCUT2D eigenvalue weighted by molar-refractivity contribution is 9.10. The number of nitrogens with zero attached hydrogens (tertiary/aromatic N) is 7. The van der Waals surface area contributed by atoms with Crippen LogP contribution in [0.1, 0.15) is 19.9 Å². The second-order valence-electron chi connectivity index (χ2n) is 11.6. The van der Waals surface area contributed by atoms with Gasteiger partial charge in [0.25, 0.3) is 0 Å². The first kappa shape index (κ1) is 27.3. The fourth-order valence-electron chi connectivity index (χ4n) is 7.03. The van der Waals surface area contributed by atoms with E-state index in [1.165, 1.54) is 9.36 Å². The number of halogens is 1. The topological polar surface area (TPSA) is 142 Å². The molecule has 0 fully saturated rings. The maximum Gasteiger partial charge on any atom is 0.359 e. The number of aliphatic hydroxyl groups is 1. The van der Waals surface area contributed by atoms with Gasteiger partial charge in [-0.05, 0) is 62.4 Å². The van der Waals surface area contributed by atoms with E-state index in [9.17, 15) is 24.3 Å². The van der Waals surface area contributed by atoms with E-state index in [2.05, 4.69) is 21.2 Å². The molecule has 14 heteroatoms. The van der Waals surface area contributed by atoms with Gasteiger partial charge in [-0.1, -0.05) is 64.5 Å². The molecule has 0 radical (unpaired) electrons. The molecule has 13 nitrogen and oxygen atoms in total. The van der Waals surface area contributed by atoms with Crippen molar-refractivity contribution in [3.05, 3.63) is 143 Å². The SMILES string of the molecule is CC12[C@H]3C=C[C@](C)(n4c(=O)n(-c5ccccc5)c(=O)n43)C1(O)N=C(Nc1ccc(Br)cc1)n1c(=O)n(-c3ccccc3)c(=O)n12. The number of aromatic nitrogens is 6. The average Bonchev–Trinajstić information content (AvgIpc) is 3.46. The summed E-state index contributed by atoms with van der Waals surface area (Å²) in [6.07, 6.45) is 3.30. The zero-order valence-electron chi connectivity index (χ0n) is 23.9. The minimum Gasteiger partial charge on any atom is -0.365 e. The van der Waals surface area contributed by atoms with E-state index in [1.807, 2.05) is 0 Å². The van der Waals surface area contributed by atoms with Crippen molar-refractivity contribution in [3.63, 3.8) is 0 Å². The number of hydrogen-bond acceptors (Lipinski definition) is 7. The molecule has 3 aliphatic heterocycles. The predicted octanol–water partition coefficient (Wildman–Crippen LogP) is 1.95. The fourth-order valence-corrected chi connectivity index (χ4v) is 7.30. The van der Waals surface area contributed by atoms with Gasteiger partial charge in [0, 0.05) is 10.2 Å². The summed E-state index contributed by atoms with van der Waals surface area (Å²) in [5.74, 6) is -0.138. The highest BCUT2D eigenvalue weighted by atomic mass is 79.9. The second-order valence-corrected chi connectivity index (χ2v) is 12.5. The fraction of sp³-hybridized carbons (Fsp3) is 0.194. The third-order valence-electron chi connectivity index (χ3n) is 9.25. The first-order valence-electron chi connectivity index (χ1n) is 14.1. The number of nitrogens with one attached hydrogen (secondary N) is 1. The van der Waals surface area contributed by atoms with Gasteiger partial charge < -0.3 is 10.4 Å². The summed E-state index contributed by atoms with van der Waals surface area (Å²) < 4.78 is 7.52. The zero-order valence-corrected chi connectivity index (χ0v) is 25.5. The first-order valence-corrected chi connectivity index (χ1v) is 14.9. The Labute approximate surface area is 261 Å². The van der Waals surface area contributed by atoms with Crippen LogP contribution in [-0.2, 0) is 11.1 Å². The average molecular weight is 669 g/mol. The summed E-state index contributed by atoms with van der Waals surface area (Å²) in [5, 5.41) is 16.0. The lowest BCUT2D eigenvalue weighted by atomic mass is 9.65. The van der Waals surface area contributed by atoms with Crippen LogP contribution in [0.5, 0.6) is 0 Å². The number of rotatable bonds is 3. The molecular formula is C31H25BrN8O5. The van der Waals surface area contributed by atoms with Gasteiger partial charge in [0.1, 0.15) is 17.1 Å². The van der Waals surface area contributed by atoms with Crippen molar-refractivity contribution in [1.82, 2.24) is 27.9 Å². The van der Waals surface area contributed by atoms with Crippen LogP contribution in [0.4, 0.5) is 5.69 Å². The second kappa shape index (κ2) is 8.92. The Kier molecular flexibility index (Phi) is 5.42. The van der Waals surface area contributed by atoms with Crippen molar-refractivity contribution in [1.29, 1.82) is 0 Å². The molecule has 226 valence electrons. The predicted molar refractivity (Wildman–Crippen MR) is 170 cm³/mol. The van der Waals surface area contributed by atoms with Crippen LogP contribution in [-0.4, -0.2) is 44.7 Å². The molecule has 0 saturated carbocycles. The number of para-hydroxylation sites is 2. The summed E-state index contributed by atoms with van der Waals surface area (Å²) >= 11 is 3.41. The van der Waals surface area contributed by atoms with Gasteiger partial charge in [-0.2, -0.15) is 4.68 Å². The van der Waals surface area contributed by atoms with Crippen molar-refractivity contribution in [2.75, 3.05) is 5.32 Å². The standard InChI is InChI=1S/C31H25BrN8O5/c1-29-18-17-23(37-25(41)35(27(43)39(29)37)21-9-5-3-6-10-21)30(2)31(29,45)34-24(33-20-15-13-19(32)14-16-20)38-26(42)36(28(44)40(30)38)22-11-7-4-8-12-22/h3-18,23,45H,1-2H3,(H,33,34)/t23-,29+,30?,31?/m1/s1. The maximum atomic E-state index is 14.5. The van der Waals surface area contributed by atoms with Crippen molar-refractivity contribution in [2.24, 2.45) is 4.99 Å². The highest BCUT2D eigenvalue weighted by Crippen LogP contribution is 2.57. The summed E-state index contributed by atoms with van der Waals surface area (Å²) in [7, 11) is 0. The van der Waals surface area contributed by atoms with Crippen LogP contribution < -0.4 is 28.1 Å². The number of benzene rings is 3. The van der Waals surface area contributed by atoms with Crippen molar-refractivity contribution >= 4 is 27.6 Å². The molecule has 2 N–H and O–H groups in total. The van der Waals surface area contributed by atoms with Gasteiger partial charge in [0.05, 0.1) is 11.4 Å². The lowest BCUT2D eigenvalue weighted by molar-refractivity contribution is -0.192. The quantitative estimate of drug-likeness (QED) is 0.282. The van der Waals surface area contributed by atoms with Gasteiger partial charge in [-0.25, -0.2) is 47.4 Å². The van der Waals surface area contributed by atoms with E-state index in [0.717, 1.165) is 23.0 Å². The monoisotopic (exact) mass is 668 g/mol. The van der Waals surface area contributed by atoms with Crippen LogP contribution in [0.3, 0.4) is 0 Å². The largest absolute Gasteiger partial charge is 0.365 e. The molecule has 5 aromatic rings. The molecule has 2 unspecified atom stereocenters. The van der Waals surface area contributed by atoms with E-state index < -0.39 is 45.6 Å². The molecule has 45 heavy (non-hydrogen) atoms. The van der Waals surface area contributed by atoms with E-state index >= 15 is 0 Å². The van der Waals surface area contributed by atoms with Gasteiger partial charge >= 0.3 is 22.8 Å². The number of allylic oxidation sites excluding steroid dienone is 1. The molecule has 0 spiro atoms. The van der Waals surface area contributed by atoms with Crippen molar-refractivity contribution in [2.45, 2.75) is 36.7 Å². The molecule has 2 aromatic heterocycles. The van der Waals surface area contributed by atoms with Gasteiger partial charge in [0.15, 0.2) is 0 Å². The van der Waals surface area contributed by atoms with Crippen LogP contribution >= 0.6 is 15.9 Å². The molecule has 0 amide bonds. The van der Waals surface area contributed by atoms with E-state index in [1.54, 1.807) is 111 Å². The highest BCUT2D eigenvalue weighted by Gasteiger charge is 2.73. The molecule has 1 aliphatic carbocycles. The molecule has 0 saturated heterocycles. The molecule has 4 atom stereocenters. The lowest BCUT2D eigenvalue weighted by Crippen LogP contribution is -2.79. The molecular weight excluding hydrogens is 644 g/mol. The minimum atomic E-state index is -2.25. The zero-order chi connectivity index (χ0) is 31.5. The van der Waals surface area contributed by atoms with E-state index in [4.69, 9.17) is 4.99 Å². The number of aliphatic imine (C=N–C) groups is 1. The van der Waals surface area contributed by atoms with Gasteiger partial charge in [-0.3, -0.25) is 0 Å². The van der Waals surface area contributed by atoms with Gasteiger partial charge in [-0.15, -0.1) is 0 Å². The third kappa shape index (κ3) is 3.22. The Morgan fingerprint density at radius 1 is 0.756 bits per heavy atom. The minimum absolute atomic E-state index is 0.138. The first-order chi connectivity index (χ1) is 21.5. The van der Waals surface area contributed by atoms with Crippen LogP contribution in [0.2, 0.25) is 0 Å². The molecule has 5 heterocycles. The molecule has 3 aromatic carbocycles. The number of fused-ring (bicyclic) bond motifs is 1. The lowest BCUT2D eigenvalue weighted by Gasteiger charge is -2.61. The van der Waals surface area contributed by atoms with Crippen molar-refractivity contribution in [3.8, 4) is 11.4 Å².